The second kappa shape index (κ2) is 10.5. The lowest BCUT2D eigenvalue weighted by Gasteiger charge is -2.19. The molecule has 0 unspecified atom stereocenters. The number of anilines is 1. The number of aromatic nitrogens is 2. The molecule has 0 spiro atoms. The molecule has 7 nitrogen and oxygen atoms in total. The van der Waals surface area contributed by atoms with E-state index in [9.17, 15) is 22.8 Å². The van der Waals surface area contributed by atoms with Gasteiger partial charge in [0.25, 0.3) is 0 Å². The number of halogens is 3. The minimum absolute atomic E-state index is 0.000176. The van der Waals surface area contributed by atoms with Gasteiger partial charge in [-0.25, -0.2) is 9.78 Å². The van der Waals surface area contributed by atoms with E-state index in [1.807, 2.05) is 36.5 Å². The first-order valence-corrected chi connectivity index (χ1v) is 11.9. The molecule has 5 N–H and O–H groups in total. The summed E-state index contributed by atoms with van der Waals surface area (Å²) in [5.74, 6) is -0.906. The first-order chi connectivity index (χ1) is 17.5. The van der Waals surface area contributed by atoms with Crippen LogP contribution in [0.5, 0.6) is 0 Å². The highest BCUT2D eigenvalue weighted by Crippen LogP contribution is 2.39. The fourth-order valence-corrected chi connectivity index (χ4v) is 4.95. The Bertz CT molecular complexity index is 1450. The number of nitrogens with two attached hydrogens (primary N) is 2. The number of aryl methyl sites for hydroxylation is 1. The van der Waals surface area contributed by atoms with E-state index in [0.717, 1.165) is 38.8 Å². The molecular weight excluding hydrogens is 503 g/mol. The number of amides is 2. The summed E-state index contributed by atoms with van der Waals surface area (Å²) in [7, 11) is 0. The zero-order chi connectivity index (χ0) is 26.7. The molecule has 0 saturated heterocycles. The first kappa shape index (κ1) is 26.0. The topological polar surface area (TPSA) is 124 Å². The number of ketones is 1. The summed E-state index contributed by atoms with van der Waals surface area (Å²) in [5.41, 5.74) is 11.8. The summed E-state index contributed by atoms with van der Waals surface area (Å²) in [6.45, 7) is 1.90. The van der Waals surface area contributed by atoms with Crippen molar-refractivity contribution in [2.75, 3.05) is 5.32 Å². The zero-order valence-electron chi connectivity index (χ0n) is 19.5. The van der Waals surface area contributed by atoms with Gasteiger partial charge in [-0.2, -0.15) is 13.2 Å². The molecule has 2 aromatic heterocycles. The van der Waals surface area contributed by atoms with Gasteiger partial charge in [0.1, 0.15) is 0 Å². The van der Waals surface area contributed by atoms with Crippen LogP contribution in [0.3, 0.4) is 0 Å². The standard InChI is InChI=1S/C26H22F3N5O2S/c1-14-33-22(16-8-10-32-11-9-16)24(37-14)17-5-2-4-15(12-17)13-19(30)23(35)18-6-3-7-20(34-25(31)36)21(18)26(27,28)29/h2-12,19H,13,30H2,1H3,(H3,31,34,36)/t19-/m0/s1. The molecular formula is C26H22F3N5O2S. The van der Waals surface area contributed by atoms with Crippen molar-refractivity contribution in [1.29, 1.82) is 0 Å². The lowest BCUT2D eigenvalue weighted by atomic mass is 9.93. The summed E-state index contributed by atoms with van der Waals surface area (Å²) in [6.07, 6.45) is -1.56. The minimum Gasteiger partial charge on any atom is -0.351 e. The summed E-state index contributed by atoms with van der Waals surface area (Å²) in [4.78, 5) is 33.9. The Labute approximate surface area is 214 Å². The van der Waals surface area contributed by atoms with Crippen molar-refractivity contribution < 1.29 is 22.8 Å². The molecule has 0 saturated carbocycles. The fraction of sp³-hybridized carbons (Fsp3) is 0.154. The molecule has 0 radical (unpaired) electrons. The van der Waals surface area contributed by atoms with E-state index >= 15 is 0 Å². The zero-order valence-corrected chi connectivity index (χ0v) is 20.4. The van der Waals surface area contributed by atoms with Crippen molar-refractivity contribution in [1.82, 2.24) is 9.97 Å². The number of hydrogen-bond acceptors (Lipinski definition) is 6. The molecule has 4 rings (SSSR count). The molecule has 2 amide bonds. The van der Waals surface area contributed by atoms with Crippen LogP contribution in [0.1, 0.15) is 26.5 Å². The summed E-state index contributed by atoms with van der Waals surface area (Å²) >= 11 is 1.50. The highest BCUT2D eigenvalue weighted by molar-refractivity contribution is 7.15. The lowest BCUT2D eigenvalue weighted by Crippen LogP contribution is -2.34. The third-order valence-corrected chi connectivity index (χ3v) is 6.56. The smallest absolute Gasteiger partial charge is 0.351 e. The Morgan fingerprint density at radius 1 is 1.05 bits per heavy atom. The number of alkyl halides is 3. The summed E-state index contributed by atoms with van der Waals surface area (Å²) in [5, 5.41) is 2.79. The van der Waals surface area contributed by atoms with Crippen LogP contribution >= 0.6 is 11.3 Å². The SMILES string of the molecule is Cc1nc(-c2ccncc2)c(-c2cccc(C[C@H](N)C(=O)c3cccc(NC(N)=O)c3C(F)(F)F)c2)s1. The van der Waals surface area contributed by atoms with Crippen molar-refractivity contribution in [3.05, 3.63) is 88.7 Å². The van der Waals surface area contributed by atoms with E-state index in [1.165, 1.54) is 17.4 Å². The van der Waals surface area contributed by atoms with Crippen LogP contribution in [0.25, 0.3) is 21.7 Å². The molecule has 0 aliphatic rings. The quantitative estimate of drug-likeness (QED) is 0.277. The number of thiazole rings is 1. The van der Waals surface area contributed by atoms with Crippen LogP contribution in [0.2, 0.25) is 0 Å². The van der Waals surface area contributed by atoms with E-state index in [2.05, 4.69) is 9.97 Å². The molecule has 37 heavy (non-hydrogen) atoms. The van der Waals surface area contributed by atoms with Crippen molar-refractivity contribution >= 4 is 28.8 Å². The Hall–Kier alpha value is -4.09. The predicted octanol–water partition coefficient (Wildman–Crippen LogP) is 5.44. The van der Waals surface area contributed by atoms with E-state index in [-0.39, 0.29) is 6.42 Å². The van der Waals surface area contributed by atoms with Crippen molar-refractivity contribution in [2.45, 2.75) is 25.6 Å². The maximum Gasteiger partial charge on any atom is 0.419 e. The van der Waals surface area contributed by atoms with Crippen LogP contribution in [-0.2, 0) is 12.6 Å². The number of carbonyl (C=O) groups excluding carboxylic acids is 2. The van der Waals surface area contributed by atoms with Gasteiger partial charge in [-0.1, -0.05) is 36.4 Å². The number of nitrogens with one attached hydrogen (secondary N) is 1. The van der Waals surface area contributed by atoms with Crippen LogP contribution in [0.15, 0.2) is 67.0 Å². The number of benzene rings is 2. The number of hydrogen-bond donors (Lipinski definition) is 3. The number of carbonyl (C=O) groups is 2. The molecule has 0 aliphatic carbocycles. The number of urea groups is 1. The second-order valence-electron chi connectivity index (χ2n) is 8.24. The van der Waals surface area contributed by atoms with Gasteiger partial charge in [-0.15, -0.1) is 11.3 Å². The molecule has 1 atom stereocenters. The molecule has 4 aromatic rings. The summed E-state index contributed by atoms with van der Waals surface area (Å²) in [6, 6.07) is 11.9. The highest BCUT2D eigenvalue weighted by Gasteiger charge is 2.39. The monoisotopic (exact) mass is 525 g/mol. The van der Waals surface area contributed by atoms with Gasteiger partial charge < -0.3 is 16.8 Å². The molecule has 0 fully saturated rings. The molecule has 2 aromatic carbocycles. The lowest BCUT2D eigenvalue weighted by molar-refractivity contribution is -0.137. The number of Topliss-reactive ketones (excluding diaryl/α,β-unsaturated/α-hetero) is 1. The van der Waals surface area contributed by atoms with E-state index in [4.69, 9.17) is 11.5 Å². The van der Waals surface area contributed by atoms with Gasteiger partial charge in [0, 0.05) is 23.5 Å². The van der Waals surface area contributed by atoms with Gasteiger partial charge in [-0.05, 0) is 42.7 Å². The van der Waals surface area contributed by atoms with Gasteiger partial charge >= 0.3 is 12.2 Å². The molecule has 190 valence electrons. The Morgan fingerprint density at radius 2 is 1.76 bits per heavy atom. The minimum atomic E-state index is -4.92. The average molecular weight is 526 g/mol. The van der Waals surface area contributed by atoms with Gasteiger partial charge in [0.05, 0.1) is 32.9 Å². The van der Waals surface area contributed by atoms with Crippen molar-refractivity contribution in [3.8, 4) is 21.7 Å². The number of pyridine rings is 1. The normalized spacial score (nSPS) is 12.2. The fourth-order valence-electron chi connectivity index (χ4n) is 4.01. The molecule has 0 aliphatic heterocycles. The third kappa shape index (κ3) is 5.84. The van der Waals surface area contributed by atoms with Gasteiger partial charge in [-0.3, -0.25) is 9.78 Å². The third-order valence-electron chi connectivity index (χ3n) is 5.54. The van der Waals surface area contributed by atoms with Gasteiger partial charge in [0.15, 0.2) is 5.78 Å². The van der Waals surface area contributed by atoms with Crippen LogP contribution in [-0.4, -0.2) is 27.8 Å². The Morgan fingerprint density at radius 3 is 2.43 bits per heavy atom. The molecule has 0 bridgehead atoms. The van der Waals surface area contributed by atoms with Crippen molar-refractivity contribution in [3.63, 3.8) is 0 Å². The number of rotatable bonds is 7. The largest absolute Gasteiger partial charge is 0.419 e. The summed E-state index contributed by atoms with van der Waals surface area (Å²) < 4.78 is 41.5. The first-order valence-electron chi connectivity index (χ1n) is 11.1. The maximum absolute atomic E-state index is 13.8. The van der Waals surface area contributed by atoms with Crippen molar-refractivity contribution in [2.24, 2.45) is 11.5 Å². The van der Waals surface area contributed by atoms with Gasteiger partial charge in [0.2, 0.25) is 0 Å². The van der Waals surface area contributed by atoms with Crippen LogP contribution in [0.4, 0.5) is 23.7 Å². The highest BCUT2D eigenvalue weighted by atomic mass is 32.1. The van der Waals surface area contributed by atoms with E-state index in [1.54, 1.807) is 24.5 Å². The maximum atomic E-state index is 13.8. The number of nitrogens with zero attached hydrogens (tertiary/aromatic N) is 2. The van der Waals surface area contributed by atoms with E-state index < -0.39 is 40.8 Å². The number of primary amides is 1. The van der Waals surface area contributed by atoms with Crippen LogP contribution in [0, 0.1) is 6.92 Å². The Balaban J connectivity index is 1.64. The van der Waals surface area contributed by atoms with E-state index in [0.29, 0.717) is 5.56 Å². The second-order valence-corrected chi connectivity index (χ2v) is 9.44. The molecule has 2 heterocycles. The average Bonchev–Trinajstić information content (AvgIpc) is 3.25. The Kier molecular flexibility index (Phi) is 7.37. The molecule has 11 heteroatoms. The predicted molar refractivity (Wildman–Crippen MR) is 136 cm³/mol. The van der Waals surface area contributed by atoms with Crippen LogP contribution < -0.4 is 16.8 Å².